The molecule has 2 aromatic heterocycles. The van der Waals surface area contributed by atoms with Gasteiger partial charge in [-0.25, -0.2) is 14.3 Å². The third kappa shape index (κ3) is 3.77. The van der Waals surface area contributed by atoms with E-state index in [1.165, 1.54) is 17.3 Å². The molecule has 4 aromatic rings. The van der Waals surface area contributed by atoms with Crippen molar-refractivity contribution in [1.29, 1.82) is 5.41 Å². The molecule has 3 heterocycles. The fraction of sp³-hybridized carbons (Fsp3) is 0.182. The minimum absolute atomic E-state index is 0.108. The second-order valence-corrected chi connectivity index (χ2v) is 8.31. The standard InChI is InChI=1S/C22H19Cl2N7O/c23-16-2-1-3-17(24)18(16)31-19(25)15-11-27-21(29-20(15)30-22(31)32)28-14-5-4-12-6-8-26-9-7-13(12)10-14/h1-5,10-11,25-26H,6-9H2,(H2,27,28,29,30,32). The van der Waals surface area contributed by atoms with Gasteiger partial charge in [0.05, 0.1) is 21.1 Å². The minimum atomic E-state index is -0.570. The van der Waals surface area contributed by atoms with Crippen molar-refractivity contribution in [2.75, 3.05) is 18.4 Å². The zero-order chi connectivity index (χ0) is 22.2. The first kappa shape index (κ1) is 20.7. The summed E-state index contributed by atoms with van der Waals surface area (Å²) in [6.07, 6.45) is 3.46. The molecule has 1 aliphatic rings. The highest BCUT2D eigenvalue weighted by Gasteiger charge is 2.15. The number of anilines is 2. The Morgan fingerprint density at radius 2 is 1.81 bits per heavy atom. The Morgan fingerprint density at radius 1 is 1.06 bits per heavy atom. The van der Waals surface area contributed by atoms with E-state index in [0.717, 1.165) is 36.2 Å². The second kappa shape index (κ2) is 8.38. The summed E-state index contributed by atoms with van der Waals surface area (Å²) in [7, 11) is 0. The summed E-state index contributed by atoms with van der Waals surface area (Å²) in [5.74, 6) is 0.327. The Labute approximate surface area is 192 Å². The molecule has 0 atom stereocenters. The Bertz CT molecular complexity index is 1440. The van der Waals surface area contributed by atoms with Crippen LogP contribution in [-0.2, 0) is 12.8 Å². The van der Waals surface area contributed by atoms with Crippen molar-refractivity contribution in [2.24, 2.45) is 0 Å². The fourth-order valence-corrected chi connectivity index (χ4v) is 4.45. The largest absolute Gasteiger partial charge is 0.333 e. The highest BCUT2D eigenvalue weighted by molar-refractivity contribution is 6.37. The number of hydrogen-bond acceptors (Lipinski definition) is 6. The lowest BCUT2D eigenvalue weighted by Crippen LogP contribution is -2.34. The van der Waals surface area contributed by atoms with Crippen LogP contribution in [0.2, 0.25) is 10.0 Å². The highest BCUT2D eigenvalue weighted by atomic mass is 35.5. The van der Waals surface area contributed by atoms with Gasteiger partial charge in [0, 0.05) is 11.9 Å². The van der Waals surface area contributed by atoms with E-state index < -0.39 is 5.69 Å². The SMILES string of the molecule is N=c1c2cnc(Nc3ccc4c(c3)CCNCC4)nc2[nH]c(=O)n1-c1c(Cl)cccc1Cl. The number of nitrogens with one attached hydrogen (secondary N) is 4. The molecule has 0 spiro atoms. The number of benzene rings is 2. The van der Waals surface area contributed by atoms with Crippen molar-refractivity contribution in [3.63, 3.8) is 0 Å². The molecule has 2 aromatic carbocycles. The van der Waals surface area contributed by atoms with Crippen molar-refractivity contribution >= 4 is 45.9 Å². The molecule has 162 valence electrons. The summed E-state index contributed by atoms with van der Waals surface area (Å²) in [5, 5.41) is 16.0. The summed E-state index contributed by atoms with van der Waals surface area (Å²) >= 11 is 12.5. The maximum Gasteiger partial charge on any atom is 0.333 e. The van der Waals surface area contributed by atoms with E-state index in [-0.39, 0.29) is 26.9 Å². The van der Waals surface area contributed by atoms with Crippen LogP contribution in [0.4, 0.5) is 11.6 Å². The van der Waals surface area contributed by atoms with Crippen molar-refractivity contribution in [3.05, 3.63) is 79.7 Å². The highest BCUT2D eigenvalue weighted by Crippen LogP contribution is 2.26. The Morgan fingerprint density at radius 3 is 2.59 bits per heavy atom. The monoisotopic (exact) mass is 467 g/mol. The number of H-pyrrole nitrogens is 1. The van der Waals surface area contributed by atoms with Crippen LogP contribution in [0.25, 0.3) is 16.7 Å². The van der Waals surface area contributed by atoms with E-state index >= 15 is 0 Å². The van der Waals surface area contributed by atoms with Gasteiger partial charge in [-0.2, -0.15) is 4.98 Å². The molecule has 1 aliphatic heterocycles. The third-order valence-electron chi connectivity index (χ3n) is 5.46. The zero-order valence-corrected chi connectivity index (χ0v) is 18.4. The number of aromatic nitrogens is 4. The fourth-order valence-electron chi connectivity index (χ4n) is 3.89. The first-order valence-electron chi connectivity index (χ1n) is 10.1. The van der Waals surface area contributed by atoms with E-state index in [9.17, 15) is 4.79 Å². The van der Waals surface area contributed by atoms with Crippen LogP contribution in [0.3, 0.4) is 0 Å². The molecule has 0 amide bonds. The predicted molar refractivity (Wildman–Crippen MR) is 125 cm³/mol. The zero-order valence-electron chi connectivity index (χ0n) is 16.9. The average molecular weight is 468 g/mol. The van der Waals surface area contributed by atoms with Crippen LogP contribution in [0.15, 0.2) is 47.4 Å². The normalized spacial score (nSPS) is 13.6. The maximum atomic E-state index is 12.8. The summed E-state index contributed by atoms with van der Waals surface area (Å²) < 4.78 is 1.12. The Hall–Kier alpha value is -3.20. The molecule has 0 fully saturated rings. The third-order valence-corrected chi connectivity index (χ3v) is 6.07. The number of para-hydroxylation sites is 1. The van der Waals surface area contributed by atoms with Gasteiger partial charge in [0.15, 0.2) is 5.65 Å². The summed E-state index contributed by atoms with van der Waals surface area (Å²) in [6.45, 7) is 1.93. The first-order chi connectivity index (χ1) is 15.5. The van der Waals surface area contributed by atoms with Gasteiger partial charge in [0.1, 0.15) is 5.49 Å². The molecule has 10 heteroatoms. The van der Waals surface area contributed by atoms with Crippen molar-refractivity contribution in [3.8, 4) is 5.69 Å². The van der Waals surface area contributed by atoms with Gasteiger partial charge in [-0.05, 0) is 61.3 Å². The number of nitrogens with zero attached hydrogens (tertiary/aromatic N) is 3. The average Bonchev–Trinajstić information content (AvgIpc) is 3.00. The number of rotatable bonds is 3. The topological polar surface area (TPSA) is 111 Å². The molecule has 0 aliphatic carbocycles. The van der Waals surface area contributed by atoms with E-state index in [2.05, 4.69) is 37.7 Å². The van der Waals surface area contributed by atoms with Crippen LogP contribution in [0, 0.1) is 5.41 Å². The van der Waals surface area contributed by atoms with Gasteiger partial charge in [-0.3, -0.25) is 10.4 Å². The lowest BCUT2D eigenvalue weighted by molar-refractivity contribution is 0.711. The van der Waals surface area contributed by atoms with E-state index in [1.807, 2.05) is 6.07 Å². The van der Waals surface area contributed by atoms with Crippen molar-refractivity contribution in [2.45, 2.75) is 12.8 Å². The Kier molecular flexibility index (Phi) is 5.42. The molecule has 0 unspecified atom stereocenters. The van der Waals surface area contributed by atoms with Crippen LogP contribution in [0.5, 0.6) is 0 Å². The van der Waals surface area contributed by atoms with Crippen LogP contribution >= 0.6 is 23.2 Å². The van der Waals surface area contributed by atoms with Crippen molar-refractivity contribution < 1.29 is 0 Å². The summed E-state index contributed by atoms with van der Waals surface area (Å²) in [5.41, 5.74) is 3.31. The number of halogens is 2. The minimum Gasteiger partial charge on any atom is -0.324 e. The molecular formula is C22H19Cl2N7O. The number of fused-ring (bicyclic) bond motifs is 2. The summed E-state index contributed by atoms with van der Waals surface area (Å²) in [6, 6.07) is 11.1. The van der Waals surface area contributed by atoms with Gasteiger partial charge in [0.2, 0.25) is 5.95 Å². The lowest BCUT2D eigenvalue weighted by Gasteiger charge is -2.12. The molecule has 4 N–H and O–H groups in total. The number of aromatic amines is 1. The molecule has 0 radical (unpaired) electrons. The quantitative estimate of drug-likeness (QED) is 0.369. The van der Waals surface area contributed by atoms with Gasteiger partial charge in [-0.15, -0.1) is 0 Å². The molecule has 0 saturated carbocycles. The molecule has 0 saturated heterocycles. The molecule has 32 heavy (non-hydrogen) atoms. The molecule has 8 nitrogen and oxygen atoms in total. The van der Waals surface area contributed by atoms with Crippen molar-refractivity contribution in [1.82, 2.24) is 24.8 Å². The first-order valence-corrected chi connectivity index (χ1v) is 10.9. The Balaban J connectivity index is 1.54. The van der Waals surface area contributed by atoms with E-state index in [1.54, 1.807) is 18.2 Å². The molecule has 0 bridgehead atoms. The summed E-state index contributed by atoms with van der Waals surface area (Å²) in [4.78, 5) is 24.3. The number of hydrogen-bond donors (Lipinski definition) is 4. The van der Waals surface area contributed by atoms with Gasteiger partial charge in [0.25, 0.3) is 0 Å². The predicted octanol–water partition coefficient (Wildman–Crippen LogP) is 3.33. The van der Waals surface area contributed by atoms with Gasteiger partial charge >= 0.3 is 5.69 Å². The molecule has 5 rings (SSSR count). The maximum absolute atomic E-state index is 12.8. The lowest BCUT2D eigenvalue weighted by atomic mass is 10.0. The van der Waals surface area contributed by atoms with E-state index in [4.69, 9.17) is 28.6 Å². The smallest absolute Gasteiger partial charge is 0.324 e. The second-order valence-electron chi connectivity index (χ2n) is 7.50. The van der Waals surface area contributed by atoms with Gasteiger partial charge in [-0.1, -0.05) is 35.3 Å². The van der Waals surface area contributed by atoms with Crippen LogP contribution in [-0.4, -0.2) is 32.6 Å². The molecular weight excluding hydrogens is 449 g/mol. The van der Waals surface area contributed by atoms with Crippen LogP contribution < -0.4 is 21.8 Å². The van der Waals surface area contributed by atoms with E-state index in [0.29, 0.717) is 11.3 Å². The van der Waals surface area contributed by atoms with Crippen LogP contribution in [0.1, 0.15) is 11.1 Å². The van der Waals surface area contributed by atoms with Gasteiger partial charge < -0.3 is 10.6 Å².